The Morgan fingerprint density at radius 1 is 1.27 bits per heavy atom. The van der Waals surface area contributed by atoms with Crippen molar-refractivity contribution >= 4 is 23.2 Å². The fraction of sp³-hybridized carbons (Fsp3) is 0.304. The highest BCUT2D eigenvalue weighted by Gasteiger charge is 2.26. The average molecular weight is 447 g/mol. The van der Waals surface area contributed by atoms with Gasteiger partial charge >= 0.3 is 0 Å². The summed E-state index contributed by atoms with van der Waals surface area (Å²) in [6.45, 7) is 3.69. The summed E-state index contributed by atoms with van der Waals surface area (Å²) in [5, 5.41) is 14.4. The van der Waals surface area contributed by atoms with E-state index in [1.54, 1.807) is 18.3 Å². The minimum absolute atomic E-state index is 0.0112. The summed E-state index contributed by atoms with van der Waals surface area (Å²) in [6.07, 6.45) is 3.42. The Bertz CT molecular complexity index is 1180. The third kappa shape index (κ3) is 5.22. The number of benzene rings is 1. The maximum atomic E-state index is 11.7. The third-order valence-electron chi connectivity index (χ3n) is 5.62. The normalized spacial score (nSPS) is 15.8. The minimum atomic E-state index is -0.439. The van der Waals surface area contributed by atoms with E-state index < -0.39 is 4.92 Å². The van der Waals surface area contributed by atoms with Crippen molar-refractivity contribution in [1.82, 2.24) is 15.0 Å². The summed E-state index contributed by atoms with van der Waals surface area (Å²) < 4.78 is 0. The van der Waals surface area contributed by atoms with Crippen LogP contribution in [-0.4, -0.2) is 38.9 Å². The van der Waals surface area contributed by atoms with Gasteiger partial charge in [-0.15, -0.1) is 0 Å². The molecule has 1 atom stereocenters. The molecule has 1 amide bonds. The number of aryl methyl sites for hydroxylation is 1. The van der Waals surface area contributed by atoms with E-state index in [2.05, 4.69) is 25.2 Å². The molecule has 2 aromatic heterocycles. The molecule has 1 aromatic carbocycles. The summed E-state index contributed by atoms with van der Waals surface area (Å²) in [5.41, 5.74) is 7.80. The Morgan fingerprint density at radius 3 is 2.91 bits per heavy atom. The van der Waals surface area contributed by atoms with Crippen molar-refractivity contribution in [2.75, 3.05) is 23.3 Å². The van der Waals surface area contributed by atoms with Crippen LogP contribution in [0.25, 0.3) is 11.4 Å². The van der Waals surface area contributed by atoms with Gasteiger partial charge in [0.2, 0.25) is 5.91 Å². The number of hydrogen-bond donors (Lipinski definition) is 2. The lowest BCUT2D eigenvalue weighted by Gasteiger charge is -2.33. The number of nitro groups is 1. The lowest BCUT2D eigenvalue weighted by molar-refractivity contribution is -0.384. The largest absolute Gasteiger partial charge is 0.369 e. The van der Waals surface area contributed by atoms with Gasteiger partial charge < -0.3 is 16.0 Å². The van der Waals surface area contributed by atoms with Gasteiger partial charge in [-0.25, -0.2) is 15.0 Å². The number of nitrogens with one attached hydrogen (secondary N) is 1. The molecule has 170 valence electrons. The van der Waals surface area contributed by atoms with Gasteiger partial charge in [0.05, 0.1) is 10.8 Å². The van der Waals surface area contributed by atoms with Crippen LogP contribution in [0.15, 0.2) is 48.7 Å². The van der Waals surface area contributed by atoms with Gasteiger partial charge in [-0.05, 0) is 25.8 Å². The molecule has 1 aliphatic heterocycles. The predicted molar refractivity (Wildman–Crippen MR) is 125 cm³/mol. The molecular formula is C23H25N7O3. The Hall–Kier alpha value is -4.08. The Kier molecular flexibility index (Phi) is 6.43. The topological polar surface area (TPSA) is 140 Å². The second-order valence-corrected chi connectivity index (χ2v) is 8.05. The smallest absolute Gasteiger partial charge is 0.270 e. The highest BCUT2D eigenvalue weighted by Crippen LogP contribution is 2.26. The highest BCUT2D eigenvalue weighted by atomic mass is 16.6. The number of non-ortho nitro benzene ring substituents is 1. The zero-order chi connectivity index (χ0) is 23.4. The number of nitrogens with two attached hydrogens (primary N) is 1. The Morgan fingerprint density at radius 2 is 2.12 bits per heavy atom. The van der Waals surface area contributed by atoms with Gasteiger partial charge in [0.1, 0.15) is 11.6 Å². The van der Waals surface area contributed by atoms with Crippen LogP contribution < -0.4 is 16.0 Å². The van der Waals surface area contributed by atoms with Crippen molar-refractivity contribution in [1.29, 1.82) is 0 Å². The molecule has 3 N–H and O–H groups in total. The van der Waals surface area contributed by atoms with Crippen LogP contribution in [-0.2, 0) is 11.3 Å². The maximum absolute atomic E-state index is 11.7. The number of amides is 1. The van der Waals surface area contributed by atoms with Gasteiger partial charge in [-0.1, -0.05) is 18.2 Å². The first kappa shape index (κ1) is 22.1. The zero-order valence-electron chi connectivity index (χ0n) is 18.3. The molecule has 1 saturated heterocycles. The minimum Gasteiger partial charge on any atom is -0.369 e. The Labute approximate surface area is 191 Å². The molecule has 3 aromatic rings. The fourth-order valence-corrected chi connectivity index (χ4v) is 3.99. The van der Waals surface area contributed by atoms with Gasteiger partial charge in [0.15, 0.2) is 5.82 Å². The van der Waals surface area contributed by atoms with E-state index in [4.69, 9.17) is 5.73 Å². The van der Waals surface area contributed by atoms with E-state index in [0.717, 1.165) is 36.5 Å². The number of primary amides is 1. The molecule has 1 aliphatic rings. The van der Waals surface area contributed by atoms with Crippen LogP contribution in [0.3, 0.4) is 0 Å². The number of nitrogens with zero attached hydrogens (tertiary/aromatic N) is 5. The van der Waals surface area contributed by atoms with Crippen LogP contribution >= 0.6 is 0 Å². The standard InChI is InChI=1S/C23H25N7O3/c1-15-11-20(28-22(27-15)16-5-2-8-19(12-16)30(32)33)26-13-17-6-3-9-25-23(17)29-10-4-7-18(14-29)21(24)31/h2-3,5-6,8-9,11-12,18H,4,7,10,13-14H2,1H3,(H2,24,31)(H,26,27,28). The molecular weight excluding hydrogens is 422 g/mol. The molecule has 0 radical (unpaired) electrons. The van der Waals surface area contributed by atoms with E-state index >= 15 is 0 Å². The monoisotopic (exact) mass is 447 g/mol. The van der Waals surface area contributed by atoms with E-state index in [9.17, 15) is 14.9 Å². The van der Waals surface area contributed by atoms with E-state index in [1.165, 1.54) is 12.1 Å². The van der Waals surface area contributed by atoms with Crippen LogP contribution in [0.4, 0.5) is 17.3 Å². The molecule has 0 bridgehead atoms. The maximum Gasteiger partial charge on any atom is 0.270 e. The lowest BCUT2D eigenvalue weighted by Crippen LogP contribution is -2.42. The number of anilines is 2. The van der Waals surface area contributed by atoms with Crippen molar-refractivity contribution in [3.63, 3.8) is 0 Å². The first-order chi connectivity index (χ1) is 15.9. The number of aromatic nitrogens is 3. The number of pyridine rings is 1. The summed E-state index contributed by atoms with van der Waals surface area (Å²) in [7, 11) is 0. The highest BCUT2D eigenvalue weighted by molar-refractivity contribution is 5.77. The number of piperidine rings is 1. The lowest BCUT2D eigenvalue weighted by atomic mass is 9.97. The van der Waals surface area contributed by atoms with Gasteiger partial charge in [0.25, 0.3) is 5.69 Å². The number of rotatable bonds is 7. The molecule has 33 heavy (non-hydrogen) atoms. The Balaban J connectivity index is 1.54. The third-order valence-corrected chi connectivity index (χ3v) is 5.62. The number of carbonyl (C=O) groups is 1. The quantitative estimate of drug-likeness (QED) is 0.416. The number of carbonyl (C=O) groups excluding carboxylic acids is 1. The van der Waals surface area contributed by atoms with Gasteiger partial charge in [-0.3, -0.25) is 14.9 Å². The average Bonchev–Trinajstić information content (AvgIpc) is 2.82. The molecule has 10 nitrogen and oxygen atoms in total. The van der Waals surface area contributed by atoms with Crippen LogP contribution in [0, 0.1) is 23.0 Å². The molecule has 4 rings (SSSR count). The molecule has 1 unspecified atom stereocenters. The van der Waals surface area contributed by atoms with Crippen molar-refractivity contribution in [2.45, 2.75) is 26.3 Å². The van der Waals surface area contributed by atoms with Crippen LogP contribution in [0.2, 0.25) is 0 Å². The van der Waals surface area contributed by atoms with Crippen LogP contribution in [0.5, 0.6) is 0 Å². The molecule has 0 aliphatic carbocycles. The molecule has 0 saturated carbocycles. The van der Waals surface area contributed by atoms with Crippen molar-refractivity contribution in [2.24, 2.45) is 11.7 Å². The van der Waals surface area contributed by atoms with E-state index in [1.807, 2.05) is 25.1 Å². The van der Waals surface area contributed by atoms with Gasteiger partial charge in [-0.2, -0.15) is 0 Å². The summed E-state index contributed by atoms with van der Waals surface area (Å²) in [6, 6.07) is 11.9. The van der Waals surface area contributed by atoms with Crippen molar-refractivity contribution in [3.8, 4) is 11.4 Å². The molecule has 0 spiro atoms. The second kappa shape index (κ2) is 9.60. The van der Waals surface area contributed by atoms with E-state index in [-0.39, 0.29) is 17.5 Å². The molecule has 3 heterocycles. The molecule has 10 heteroatoms. The zero-order valence-corrected chi connectivity index (χ0v) is 18.3. The fourth-order valence-electron chi connectivity index (χ4n) is 3.99. The van der Waals surface area contributed by atoms with E-state index in [0.29, 0.717) is 30.3 Å². The summed E-state index contributed by atoms with van der Waals surface area (Å²) >= 11 is 0. The SMILES string of the molecule is Cc1cc(NCc2cccnc2N2CCCC(C(N)=O)C2)nc(-c2cccc([N+](=O)[O-])c2)n1. The predicted octanol–water partition coefficient (Wildman–Crippen LogP) is 3.07. The summed E-state index contributed by atoms with van der Waals surface area (Å²) in [5.74, 6) is 1.38. The van der Waals surface area contributed by atoms with Crippen molar-refractivity contribution in [3.05, 3.63) is 70.0 Å². The second-order valence-electron chi connectivity index (χ2n) is 8.05. The first-order valence-corrected chi connectivity index (χ1v) is 10.7. The van der Waals surface area contributed by atoms with Gasteiger partial charge in [0, 0.05) is 60.9 Å². The molecule has 1 fully saturated rings. The summed E-state index contributed by atoms with van der Waals surface area (Å²) in [4.78, 5) is 38.0. The number of nitro benzene ring substituents is 1. The number of hydrogen-bond acceptors (Lipinski definition) is 8. The van der Waals surface area contributed by atoms with Crippen molar-refractivity contribution < 1.29 is 9.72 Å². The van der Waals surface area contributed by atoms with Crippen LogP contribution in [0.1, 0.15) is 24.1 Å². The first-order valence-electron chi connectivity index (χ1n) is 10.7.